The van der Waals surface area contributed by atoms with E-state index in [1.165, 1.54) is 0 Å². The van der Waals surface area contributed by atoms with E-state index in [1.807, 2.05) is 37.3 Å². The summed E-state index contributed by atoms with van der Waals surface area (Å²) in [5, 5.41) is 0. The van der Waals surface area contributed by atoms with Crippen LogP contribution in [0, 0.1) is 5.41 Å². The van der Waals surface area contributed by atoms with Crippen molar-refractivity contribution >= 4 is 5.97 Å². The Morgan fingerprint density at radius 1 is 1.25 bits per heavy atom. The van der Waals surface area contributed by atoms with Crippen molar-refractivity contribution in [2.45, 2.75) is 19.8 Å². The van der Waals surface area contributed by atoms with Gasteiger partial charge in [0.05, 0.1) is 5.41 Å². The third kappa shape index (κ3) is 2.75. The molecule has 0 heterocycles. The first-order valence-corrected chi connectivity index (χ1v) is 5.56. The van der Waals surface area contributed by atoms with Crippen molar-refractivity contribution in [2.24, 2.45) is 5.41 Å². The van der Waals surface area contributed by atoms with Crippen molar-refractivity contribution in [3.05, 3.63) is 30.3 Å². The number of carbonyl (C=O) groups excluding carboxylic acids is 1. The van der Waals surface area contributed by atoms with E-state index >= 15 is 0 Å². The number of carbonyl (C=O) groups is 1. The Bertz CT molecular complexity index is 355. The van der Waals surface area contributed by atoms with Crippen molar-refractivity contribution in [2.75, 3.05) is 13.2 Å². The molecule has 0 bridgehead atoms. The summed E-state index contributed by atoms with van der Waals surface area (Å²) in [7, 11) is 0. The maximum absolute atomic E-state index is 11.5. The maximum atomic E-state index is 11.5. The Hall–Kier alpha value is -1.51. The van der Waals surface area contributed by atoms with Crippen LogP contribution in [0.2, 0.25) is 0 Å². The first-order chi connectivity index (χ1) is 7.71. The first-order valence-electron chi connectivity index (χ1n) is 5.56. The minimum atomic E-state index is -0.202. The van der Waals surface area contributed by atoms with Gasteiger partial charge in [-0.25, -0.2) is 0 Å². The average molecular weight is 220 g/mol. The third-order valence-electron chi connectivity index (χ3n) is 2.82. The summed E-state index contributed by atoms with van der Waals surface area (Å²) in [6, 6.07) is 9.51. The zero-order valence-electron chi connectivity index (χ0n) is 9.44. The van der Waals surface area contributed by atoms with Gasteiger partial charge in [-0.15, -0.1) is 0 Å². The van der Waals surface area contributed by atoms with Crippen molar-refractivity contribution in [1.29, 1.82) is 0 Å². The molecule has 0 saturated heterocycles. The van der Waals surface area contributed by atoms with Crippen LogP contribution in [-0.4, -0.2) is 19.2 Å². The lowest BCUT2D eigenvalue weighted by molar-refractivity contribution is -0.150. The lowest BCUT2D eigenvalue weighted by Crippen LogP contribution is -2.19. The number of benzene rings is 1. The molecule has 1 aliphatic rings. The fourth-order valence-corrected chi connectivity index (χ4v) is 1.38. The van der Waals surface area contributed by atoms with Gasteiger partial charge in [0, 0.05) is 0 Å². The second kappa shape index (κ2) is 4.56. The van der Waals surface area contributed by atoms with Crippen LogP contribution >= 0.6 is 0 Å². The average Bonchev–Trinajstić information content (AvgIpc) is 3.05. The molecular weight excluding hydrogens is 204 g/mol. The fraction of sp³-hybridized carbons (Fsp3) is 0.462. The Balaban J connectivity index is 1.64. The van der Waals surface area contributed by atoms with Gasteiger partial charge < -0.3 is 9.47 Å². The second-order valence-electron chi connectivity index (χ2n) is 4.36. The Labute approximate surface area is 95.4 Å². The van der Waals surface area contributed by atoms with Crippen LogP contribution in [0.3, 0.4) is 0 Å². The van der Waals surface area contributed by atoms with Gasteiger partial charge in [-0.05, 0) is 31.9 Å². The Morgan fingerprint density at radius 3 is 2.56 bits per heavy atom. The number of ether oxygens (including phenoxy) is 2. The second-order valence-corrected chi connectivity index (χ2v) is 4.36. The van der Waals surface area contributed by atoms with Crippen LogP contribution in [0.4, 0.5) is 0 Å². The van der Waals surface area contributed by atoms with Crippen LogP contribution in [0.5, 0.6) is 5.75 Å². The van der Waals surface area contributed by atoms with Crippen LogP contribution < -0.4 is 4.74 Å². The quantitative estimate of drug-likeness (QED) is 0.564. The van der Waals surface area contributed by atoms with E-state index in [1.54, 1.807) is 0 Å². The highest BCUT2D eigenvalue weighted by atomic mass is 16.6. The van der Waals surface area contributed by atoms with E-state index in [0.717, 1.165) is 18.6 Å². The van der Waals surface area contributed by atoms with Gasteiger partial charge >= 0.3 is 5.97 Å². The Morgan fingerprint density at radius 2 is 1.94 bits per heavy atom. The molecule has 0 N–H and O–H groups in total. The van der Waals surface area contributed by atoms with Gasteiger partial charge in [0.1, 0.15) is 19.0 Å². The first kappa shape index (κ1) is 11.0. The van der Waals surface area contributed by atoms with Crippen LogP contribution in [0.25, 0.3) is 0 Å². The zero-order valence-corrected chi connectivity index (χ0v) is 9.44. The minimum Gasteiger partial charge on any atom is -0.490 e. The molecule has 2 rings (SSSR count). The predicted molar refractivity (Wildman–Crippen MR) is 60.2 cm³/mol. The molecule has 0 unspecified atom stereocenters. The number of hydrogen-bond acceptors (Lipinski definition) is 3. The highest BCUT2D eigenvalue weighted by Crippen LogP contribution is 2.45. The molecule has 0 radical (unpaired) electrons. The lowest BCUT2D eigenvalue weighted by Gasteiger charge is -2.10. The summed E-state index contributed by atoms with van der Waals surface area (Å²) >= 11 is 0. The van der Waals surface area contributed by atoms with Crippen LogP contribution in [-0.2, 0) is 9.53 Å². The predicted octanol–water partition coefficient (Wildman–Crippen LogP) is 2.41. The molecule has 16 heavy (non-hydrogen) atoms. The van der Waals surface area contributed by atoms with Gasteiger partial charge in [-0.2, -0.15) is 0 Å². The molecule has 1 aromatic carbocycles. The smallest absolute Gasteiger partial charge is 0.311 e. The maximum Gasteiger partial charge on any atom is 0.311 e. The SMILES string of the molecule is CC1(C(=O)OCCOc2ccccc2)CC1. The van der Waals surface area contributed by atoms with Crippen molar-refractivity contribution in [3.8, 4) is 5.75 Å². The zero-order chi connectivity index (χ0) is 11.4. The normalized spacial score (nSPS) is 16.6. The summed E-state index contributed by atoms with van der Waals surface area (Å²) in [4.78, 5) is 11.5. The minimum absolute atomic E-state index is 0.0934. The molecule has 3 heteroatoms. The highest BCUT2D eigenvalue weighted by molar-refractivity contribution is 5.79. The molecule has 86 valence electrons. The van der Waals surface area contributed by atoms with E-state index < -0.39 is 0 Å². The molecule has 1 fully saturated rings. The van der Waals surface area contributed by atoms with Crippen molar-refractivity contribution in [3.63, 3.8) is 0 Å². The molecule has 1 saturated carbocycles. The molecule has 0 amide bonds. The monoisotopic (exact) mass is 220 g/mol. The van der Waals surface area contributed by atoms with Gasteiger partial charge in [0.25, 0.3) is 0 Å². The molecule has 0 aromatic heterocycles. The standard InChI is InChI=1S/C13H16O3/c1-13(7-8-13)12(14)16-10-9-15-11-5-3-2-4-6-11/h2-6H,7-10H2,1H3. The van der Waals surface area contributed by atoms with E-state index in [9.17, 15) is 4.79 Å². The lowest BCUT2D eigenvalue weighted by atomic mass is 10.1. The number of para-hydroxylation sites is 1. The number of rotatable bonds is 5. The van der Waals surface area contributed by atoms with Gasteiger partial charge in [0.2, 0.25) is 0 Å². The molecular formula is C13H16O3. The third-order valence-corrected chi connectivity index (χ3v) is 2.82. The largest absolute Gasteiger partial charge is 0.490 e. The van der Waals surface area contributed by atoms with Gasteiger partial charge in [-0.1, -0.05) is 18.2 Å². The molecule has 1 aromatic rings. The summed E-state index contributed by atoms with van der Waals surface area (Å²) in [5.41, 5.74) is -0.202. The molecule has 0 spiro atoms. The van der Waals surface area contributed by atoms with Crippen LogP contribution in [0.1, 0.15) is 19.8 Å². The number of esters is 1. The molecule has 3 nitrogen and oxygen atoms in total. The summed E-state index contributed by atoms with van der Waals surface area (Å²) in [6.45, 7) is 2.67. The number of hydrogen-bond donors (Lipinski definition) is 0. The highest BCUT2D eigenvalue weighted by Gasteiger charge is 2.46. The van der Waals surface area contributed by atoms with E-state index in [-0.39, 0.29) is 11.4 Å². The van der Waals surface area contributed by atoms with Gasteiger partial charge in [0.15, 0.2) is 0 Å². The topological polar surface area (TPSA) is 35.5 Å². The Kier molecular flexibility index (Phi) is 3.13. The summed E-state index contributed by atoms with van der Waals surface area (Å²) in [5.74, 6) is 0.709. The fourth-order valence-electron chi connectivity index (χ4n) is 1.38. The van der Waals surface area contributed by atoms with Gasteiger partial charge in [-0.3, -0.25) is 4.79 Å². The van der Waals surface area contributed by atoms with E-state index in [4.69, 9.17) is 9.47 Å². The summed E-state index contributed by atoms with van der Waals surface area (Å²) < 4.78 is 10.5. The van der Waals surface area contributed by atoms with Crippen LogP contribution in [0.15, 0.2) is 30.3 Å². The molecule has 1 aliphatic carbocycles. The summed E-state index contributed by atoms with van der Waals surface area (Å²) in [6.07, 6.45) is 1.90. The van der Waals surface area contributed by atoms with E-state index in [2.05, 4.69) is 0 Å². The van der Waals surface area contributed by atoms with Crippen molar-refractivity contribution < 1.29 is 14.3 Å². The molecule has 0 atom stereocenters. The van der Waals surface area contributed by atoms with E-state index in [0.29, 0.717) is 13.2 Å². The van der Waals surface area contributed by atoms with Crippen molar-refractivity contribution in [1.82, 2.24) is 0 Å². The molecule has 0 aliphatic heterocycles.